The summed E-state index contributed by atoms with van der Waals surface area (Å²) in [7, 11) is -0.648. The van der Waals surface area contributed by atoms with E-state index in [-0.39, 0.29) is 10.8 Å². The first-order valence-corrected chi connectivity index (χ1v) is 9.21. The van der Waals surface area contributed by atoms with Crippen molar-refractivity contribution in [1.29, 1.82) is 0 Å². The van der Waals surface area contributed by atoms with Crippen LogP contribution in [0.1, 0.15) is 12.5 Å². The Morgan fingerprint density at radius 2 is 1.76 bits per heavy atom. The lowest BCUT2D eigenvalue weighted by Crippen LogP contribution is -2.30. The summed E-state index contributed by atoms with van der Waals surface area (Å²) in [6.07, 6.45) is -0.724. The fourth-order valence-corrected chi connectivity index (χ4v) is 3.30. The van der Waals surface area contributed by atoms with Crippen LogP contribution in [0.15, 0.2) is 53.4 Å². The van der Waals surface area contributed by atoms with Crippen LogP contribution in [0.2, 0.25) is 0 Å². The second-order valence-corrected chi connectivity index (χ2v) is 7.95. The molecule has 6 nitrogen and oxygen atoms in total. The Kier molecular flexibility index (Phi) is 5.81. The molecule has 25 heavy (non-hydrogen) atoms. The van der Waals surface area contributed by atoms with Crippen LogP contribution in [0.25, 0.3) is 0 Å². The molecule has 0 unspecified atom stereocenters. The first kappa shape index (κ1) is 19.0. The highest BCUT2D eigenvalue weighted by Crippen LogP contribution is 2.22. The summed E-state index contributed by atoms with van der Waals surface area (Å²) in [5, 5.41) is 2.69. The van der Waals surface area contributed by atoms with Crippen LogP contribution in [0.3, 0.4) is 0 Å². The largest absolute Gasteiger partial charge is 0.481 e. The van der Waals surface area contributed by atoms with E-state index in [4.69, 9.17) is 4.74 Å². The van der Waals surface area contributed by atoms with Crippen LogP contribution < -0.4 is 10.1 Å². The summed E-state index contributed by atoms with van der Waals surface area (Å²) < 4.78 is 31.4. The minimum atomic E-state index is -3.58. The number of para-hydroxylation sites is 1. The third-order valence-electron chi connectivity index (χ3n) is 3.64. The lowest BCUT2D eigenvalue weighted by Gasteiger charge is -2.17. The molecule has 0 aliphatic heterocycles. The lowest BCUT2D eigenvalue weighted by atomic mass is 10.2. The van der Waals surface area contributed by atoms with E-state index in [1.54, 1.807) is 38.1 Å². The number of nitrogens with zero attached hydrogens (tertiary/aromatic N) is 1. The molecule has 134 valence electrons. The normalized spacial score (nSPS) is 12.7. The van der Waals surface area contributed by atoms with Crippen LogP contribution in [0.5, 0.6) is 5.75 Å². The number of nitrogens with one attached hydrogen (secondary N) is 1. The van der Waals surface area contributed by atoms with E-state index in [0.717, 1.165) is 4.31 Å². The van der Waals surface area contributed by atoms with E-state index in [1.807, 2.05) is 18.2 Å². The minimum Gasteiger partial charge on any atom is -0.481 e. The van der Waals surface area contributed by atoms with Gasteiger partial charge in [-0.15, -0.1) is 0 Å². The van der Waals surface area contributed by atoms with Gasteiger partial charge in [-0.25, -0.2) is 12.7 Å². The summed E-state index contributed by atoms with van der Waals surface area (Å²) >= 11 is 0. The highest BCUT2D eigenvalue weighted by atomic mass is 32.2. The zero-order chi connectivity index (χ0) is 18.6. The summed E-state index contributed by atoms with van der Waals surface area (Å²) in [6, 6.07) is 13.8. The fraction of sp³-hybridized carbons (Fsp3) is 0.278. The molecule has 0 saturated heterocycles. The molecule has 2 aromatic rings. The first-order valence-electron chi connectivity index (χ1n) is 7.77. The predicted molar refractivity (Wildman–Crippen MR) is 97.2 cm³/mol. The van der Waals surface area contributed by atoms with Gasteiger partial charge in [-0.1, -0.05) is 24.3 Å². The second kappa shape index (κ2) is 7.67. The molecule has 0 aliphatic rings. The van der Waals surface area contributed by atoms with Crippen LogP contribution in [-0.4, -0.2) is 38.8 Å². The zero-order valence-corrected chi connectivity index (χ0v) is 15.5. The summed E-state index contributed by atoms with van der Waals surface area (Å²) in [5.74, 6) is 0.228. The van der Waals surface area contributed by atoms with Gasteiger partial charge in [-0.05, 0) is 43.7 Å². The first-order chi connectivity index (χ1) is 11.7. The lowest BCUT2D eigenvalue weighted by molar-refractivity contribution is -0.122. The van der Waals surface area contributed by atoms with E-state index in [1.165, 1.54) is 20.2 Å². The second-order valence-electron chi connectivity index (χ2n) is 5.83. The Morgan fingerprint density at radius 1 is 1.12 bits per heavy atom. The maximum absolute atomic E-state index is 12.4. The van der Waals surface area contributed by atoms with E-state index in [9.17, 15) is 13.2 Å². The van der Waals surface area contributed by atoms with Crippen molar-refractivity contribution in [2.45, 2.75) is 24.8 Å². The Labute approximate surface area is 148 Å². The number of sulfonamides is 1. The van der Waals surface area contributed by atoms with Gasteiger partial charge in [0.15, 0.2) is 6.10 Å². The van der Waals surface area contributed by atoms with Gasteiger partial charge in [0.25, 0.3) is 5.91 Å². The van der Waals surface area contributed by atoms with Crippen LogP contribution in [-0.2, 0) is 14.8 Å². The molecular formula is C18H22N2O4S. The van der Waals surface area contributed by atoms with Crippen LogP contribution in [0, 0.1) is 6.92 Å². The van der Waals surface area contributed by atoms with Crippen molar-refractivity contribution in [1.82, 2.24) is 4.31 Å². The molecule has 1 amide bonds. The van der Waals surface area contributed by atoms with Gasteiger partial charge in [-0.2, -0.15) is 0 Å². The van der Waals surface area contributed by atoms with E-state index >= 15 is 0 Å². The molecule has 0 saturated carbocycles. The molecular weight excluding hydrogens is 340 g/mol. The van der Waals surface area contributed by atoms with E-state index < -0.39 is 16.1 Å². The number of amides is 1. The van der Waals surface area contributed by atoms with Gasteiger partial charge >= 0.3 is 0 Å². The number of rotatable bonds is 6. The van der Waals surface area contributed by atoms with Gasteiger partial charge in [0.2, 0.25) is 10.0 Å². The van der Waals surface area contributed by atoms with Crippen LogP contribution in [0.4, 0.5) is 5.69 Å². The topological polar surface area (TPSA) is 75.7 Å². The molecule has 1 atom stereocenters. The average molecular weight is 362 g/mol. The number of carbonyl (C=O) groups is 1. The smallest absolute Gasteiger partial charge is 0.265 e. The van der Waals surface area contributed by atoms with Crippen molar-refractivity contribution >= 4 is 21.6 Å². The van der Waals surface area contributed by atoms with Crippen LogP contribution >= 0.6 is 0 Å². The highest BCUT2D eigenvalue weighted by molar-refractivity contribution is 7.89. The number of hydrogen-bond acceptors (Lipinski definition) is 4. The predicted octanol–water partition coefficient (Wildman–Crippen LogP) is 2.65. The molecule has 2 rings (SSSR count). The van der Waals surface area contributed by atoms with Crippen molar-refractivity contribution in [2.75, 3.05) is 19.4 Å². The number of anilines is 1. The SMILES string of the molecule is Cc1ccc(NC(=O)[C@@H](C)Oc2ccccc2)cc1S(=O)(=O)N(C)C. The molecule has 7 heteroatoms. The maximum Gasteiger partial charge on any atom is 0.265 e. The van der Waals surface area contributed by atoms with Crippen molar-refractivity contribution in [3.05, 3.63) is 54.1 Å². The maximum atomic E-state index is 12.4. The Morgan fingerprint density at radius 3 is 2.36 bits per heavy atom. The van der Waals surface area contributed by atoms with Gasteiger partial charge in [-0.3, -0.25) is 4.79 Å². The van der Waals surface area contributed by atoms with Crippen molar-refractivity contribution in [3.63, 3.8) is 0 Å². The quantitative estimate of drug-likeness (QED) is 0.857. The average Bonchev–Trinajstić information content (AvgIpc) is 2.57. The third-order valence-corrected chi connectivity index (χ3v) is 5.60. The molecule has 0 aromatic heterocycles. The van der Waals surface area contributed by atoms with Gasteiger partial charge in [0.1, 0.15) is 5.75 Å². The van der Waals surface area contributed by atoms with E-state index in [2.05, 4.69) is 5.32 Å². The number of benzene rings is 2. The number of hydrogen-bond donors (Lipinski definition) is 1. The molecule has 0 radical (unpaired) electrons. The third kappa shape index (κ3) is 4.58. The van der Waals surface area contributed by atoms with Gasteiger partial charge < -0.3 is 10.1 Å². The molecule has 0 aliphatic carbocycles. The van der Waals surface area contributed by atoms with Gasteiger partial charge in [0.05, 0.1) is 4.90 Å². The summed E-state index contributed by atoms with van der Waals surface area (Å²) in [4.78, 5) is 12.5. The highest BCUT2D eigenvalue weighted by Gasteiger charge is 2.21. The van der Waals surface area contributed by atoms with Gasteiger partial charge in [0, 0.05) is 19.8 Å². The molecule has 0 heterocycles. The number of aryl methyl sites for hydroxylation is 1. The van der Waals surface area contributed by atoms with Crippen molar-refractivity contribution in [2.24, 2.45) is 0 Å². The van der Waals surface area contributed by atoms with Crippen molar-refractivity contribution in [3.8, 4) is 5.75 Å². The molecule has 2 aromatic carbocycles. The molecule has 0 bridgehead atoms. The molecule has 0 fully saturated rings. The number of ether oxygens (including phenoxy) is 1. The van der Waals surface area contributed by atoms with Crippen molar-refractivity contribution < 1.29 is 17.9 Å². The Bertz CT molecular complexity index is 849. The molecule has 0 spiro atoms. The monoisotopic (exact) mass is 362 g/mol. The standard InChI is InChI=1S/C18H22N2O4S/c1-13-10-11-15(12-17(13)25(22,23)20(3)4)19-18(21)14(2)24-16-8-6-5-7-9-16/h5-12,14H,1-4H3,(H,19,21)/t14-/m1/s1. The molecule has 1 N–H and O–H groups in total. The Hall–Kier alpha value is -2.38. The summed E-state index contributed by atoms with van der Waals surface area (Å²) in [5.41, 5.74) is 1.01. The zero-order valence-electron chi connectivity index (χ0n) is 14.7. The number of carbonyl (C=O) groups excluding carboxylic acids is 1. The fourth-order valence-electron chi connectivity index (χ4n) is 2.15. The minimum absolute atomic E-state index is 0.159. The Balaban J connectivity index is 2.16. The van der Waals surface area contributed by atoms with E-state index in [0.29, 0.717) is 17.0 Å². The summed E-state index contributed by atoms with van der Waals surface area (Å²) in [6.45, 7) is 3.34.